The maximum Gasteiger partial charge on any atom is 0.216 e. The molecule has 82 valence electrons. The van der Waals surface area contributed by atoms with E-state index < -0.39 is 0 Å². The molecule has 0 amide bonds. The zero-order valence-corrected chi connectivity index (χ0v) is 9.18. The van der Waals surface area contributed by atoms with Crippen molar-refractivity contribution in [3.63, 3.8) is 0 Å². The Hall–Kier alpha value is -2.10. The van der Waals surface area contributed by atoms with Crippen LogP contribution >= 0.6 is 0 Å². The Bertz CT molecular complexity index is 517. The van der Waals surface area contributed by atoms with Crippen molar-refractivity contribution in [3.05, 3.63) is 47.8 Å². The number of benzene rings is 1. The predicted octanol–water partition coefficient (Wildman–Crippen LogP) is 1.66. The van der Waals surface area contributed by atoms with Gasteiger partial charge < -0.3 is 4.74 Å². The third-order valence-electron chi connectivity index (χ3n) is 2.30. The van der Waals surface area contributed by atoms with Gasteiger partial charge in [-0.3, -0.25) is 9.48 Å². The minimum Gasteiger partial charge on any atom is -0.496 e. The van der Waals surface area contributed by atoms with Crippen molar-refractivity contribution in [2.75, 3.05) is 7.11 Å². The number of aryl methyl sites for hydroxylation is 1. The van der Waals surface area contributed by atoms with E-state index in [1.807, 2.05) is 6.07 Å². The van der Waals surface area contributed by atoms with Gasteiger partial charge in [0.2, 0.25) is 5.78 Å². The quantitative estimate of drug-likeness (QED) is 0.733. The van der Waals surface area contributed by atoms with E-state index in [4.69, 9.17) is 4.74 Å². The third kappa shape index (κ3) is 1.82. The lowest BCUT2D eigenvalue weighted by Gasteiger charge is -2.04. The van der Waals surface area contributed by atoms with E-state index in [2.05, 4.69) is 5.10 Å². The molecule has 0 aliphatic heterocycles. The number of hydrogen-bond donors (Lipinski definition) is 0. The average molecular weight is 216 g/mol. The first-order valence-electron chi connectivity index (χ1n) is 4.89. The summed E-state index contributed by atoms with van der Waals surface area (Å²) in [4.78, 5) is 12.1. The summed E-state index contributed by atoms with van der Waals surface area (Å²) >= 11 is 0. The van der Waals surface area contributed by atoms with E-state index in [1.54, 1.807) is 49.3 Å². The predicted molar refractivity (Wildman–Crippen MR) is 59.6 cm³/mol. The zero-order chi connectivity index (χ0) is 11.5. The number of para-hydroxylation sites is 1. The first-order valence-corrected chi connectivity index (χ1v) is 4.89. The minimum absolute atomic E-state index is 0.127. The van der Waals surface area contributed by atoms with Crippen molar-refractivity contribution in [2.45, 2.75) is 0 Å². The van der Waals surface area contributed by atoms with Gasteiger partial charge in [-0.15, -0.1) is 0 Å². The molecule has 2 rings (SSSR count). The molecular weight excluding hydrogens is 204 g/mol. The van der Waals surface area contributed by atoms with Gasteiger partial charge in [0.25, 0.3) is 0 Å². The highest BCUT2D eigenvalue weighted by molar-refractivity contribution is 6.09. The molecule has 0 unspecified atom stereocenters. The summed E-state index contributed by atoms with van der Waals surface area (Å²) in [7, 11) is 3.32. The second kappa shape index (κ2) is 4.18. The van der Waals surface area contributed by atoms with Crippen LogP contribution in [-0.2, 0) is 7.05 Å². The molecule has 4 heteroatoms. The third-order valence-corrected chi connectivity index (χ3v) is 2.30. The largest absolute Gasteiger partial charge is 0.496 e. The topological polar surface area (TPSA) is 44.1 Å². The maximum absolute atomic E-state index is 12.1. The summed E-state index contributed by atoms with van der Waals surface area (Å²) in [5, 5.41) is 4.07. The summed E-state index contributed by atoms with van der Waals surface area (Å²) in [6, 6.07) is 8.81. The number of carbonyl (C=O) groups is 1. The van der Waals surface area contributed by atoms with Crippen molar-refractivity contribution < 1.29 is 9.53 Å². The smallest absolute Gasteiger partial charge is 0.216 e. The first kappa shape index (κ1) is 10.4. The maximum atomic E-state index is 12.1. The molecule has 0 fully saturated rings. The summed E-state index contributed by atoms with van der Waals surface area (Å²) in [6.07, 6.45) is 1.74. The van der Waals surface area contributed by atoms with Gasteiger partial charge in [-0.05, 0) is 18.2 Å². The van der Waals surface area contributed by atoms with Crippen LogP contribution in [0.1, 0.15) is 16.1 Å². The van der Waals surface area contributed by atoms with Crippen molar-refractivity contribution in [3.8, 4) is 5.75 Å². The normalized spacial score (nSPS) is 10.1. The molecular formula is C12H12N2O2. The Balaban J connectivity index is 2.41. The number of methoxy groups -OCH3 is 1. The van der Waals surface area contributed by atoms with Gasteiger partial charge in [0.1, 0.15) is 11.4 Å². The SMILES string of the molecule is COc1ccccc1C(=O)c1ccn(C)n1. The van der Waals surface area contributed by atoms with Crippen LogP contribution < -0.4 is 4.74 Å². The molecule has 0 aliphatic carbocycles. The van der Waals surface area contributed by atoms with E-state index in [0.717, 1.165) is 0 Å². The lowest BCUT2D eigenvalue weighted by atomic mass is 10.1. The standard InChI is InChI=1S/C12H12N2O2/c1-14-8-7-10(13-14)12(15)9-5-3-4-6-11(9)16-2/h3-8H,1-2H3. The van der Waals surface area contributed by atoms with Crippen LogP contribution in [0.15, 0.2) is 36.5 Å². The van der Waals surface area contributed by atoms with Gasteiger partial charge >= 0.3 is 0 Å². The van der Waals surface area contributed by atoms with Gasteiger partial charge in [0.05, 0.1) is 12.7 Å². The molecule has 0 N–H and O–H groups in total. The molecule has 1 heterocycles. The molecule has 1 aromatic carbocycles. The molecule has 0 bridgehead atoms. The fourth-order valence-electron chi connectivity index (χ4n) is 1.51. The van der Waals surface area contributed by atoms with Crippen molar-refractivity contribution in [1.82, 2.24) is 9.78 Å². The Morgan fingerprint density at radius 2 is 2.06 bits per heavy atom. The monoisotopic (exact) mass is 216 g/mol. The van der Waals surface area contributed by atoms with Gasteiger partial charge in [-0.25, -0.2) is 0 Å². The minimum atomic E-state index is -0.127. The van der Waals surface area contributed by atoms with E-state index in [-0.39, 0.29) is 5.78 Å². The number of aromatic nitrogens is 2. The number of carbonyl (C=O) groups excluding carboxylic acids is 1. The molecule has 0 saturated heterocycles. The Labute approximate surface area is 93.5 Å². The lowest BCUT2D eigenvalue weighted by molar-refractivity contribution is 0.103. The highest BCUT2D eigenvalue weighted by Gasteiger charge is 2.15. The van der Waals surface area contributed by atoms with Crippen LogP contribution in [0, 0.1) is 0 Å². The molecule has 0 saturated carbocycles. The summed E-state index contributed by atoms with van der Waals surface area (Å²) < 4.78 is 6.74. The van der Waals surface area contributed by atoms with Crippen LogP contribution in [0.4, 0.5) is 0 Å². The number of ketones is 1. The van der Waals surface area contributed by atoms with E-state index in [1.165, 1.54) is 0 Å². The highest BCUT2D eigenvalue weighted by Crippen LogP contribution is 2.20. The van der Waals surface area contributed by atoms with Gasteiger partial charge in [-0.2, -0.15) is 5.10 Å². The lowest BCUT2D eigenvalue weighted by Crippen LogP contribution is -2.05. The summed E-state index contributed by atoms with van der Waals surface area (Å²) in [5.74, 6) is 0.441. The fraction of sp³-hybridized carbons (Fsp3) is 0.167. The van der Waals surface area contributed by atoms with E-state index >= 15 is 0 Å². The van der Waals surface area contributed by atoms with Crippen molar-refractivity contribution >= 4 is 5.78 Å². The van der Waals surface area contributed by atoms with Crippen LogP contribution in [0.25, 0.3) is 0 Å². The molecule has 0 atom stereocenters. The molecule has 0 aliphatic rings. The van der Waals surface area contributed by atoms with Crippen LogP contribution in [0.5, 0.6) is 5.75 Å². The first-order chi connectivity index (χ1) is 7.72. The second-order valence-corrected chi connectivity index (χ2v) is 3.40. The molecule has 0 spiro atoms. The Morgan fingerprint density at radius 3 is 2.69 bits per heavy atom. The number of rotatable bonds is 3. The average Bonchev–Trinajstić information content (AvgIpc) is 2.75. The Morgan fingerprint density at radius 1 is 1.31 bits per heavy atom. The van der Waals surface area contributed by atoms with E-state index in [9.17, 15) is 4.79 Å². The molecule has 0 radical (unpaired) electrons. The summed E-state index contributed by atoms with van der Waals surface area (Å²) in [5.41, 5.74) is 0.954. The molecule has 4 nitrogen and oxygen atoms in total. The van der Waals surface area contributed by atoms with Crippen LogP contribution in [0.2, 0.25) is 0 Å². The van der Waals surface area contributed by atoms with Crippen LogP contribution in [-0.4, -0.2) is 22.7 Å². The number of nitrogens with zero attached hydrogens (tertiary/aromatic N) is 2. The van der Waals surface area contributed by atoms with Crippen molar-refractivity contribution in [1.29, 1.82) is 0 Å². The number of ether oxygens (including phenoxy) is 1. The fourth-order valence-corrected chi connectivity index (χ4v) is 1.51. The molecule has 2 aromatic rings. The second-order valence-electron chi connectivity index (χ2n) is 3.40. The number of hydrogen-bond acceptors (Lipinski definition) is 3. The van der Waals surface area contributed by atoms with Gasteiger partial charge in [0.15, 0.2) is 0 Å². The van der Waals surface area contributed by atoms with Crippen LogP contribution in [0.3, 0.4) is 0 Å². The highest BCUT2D eigenvalue weighted by atomic mass is 16.5. The van der Waals surface area contributed by atoms with Crippen molar-refractivity contribution in [2.24, 2.45) is 7.05 Å². The van der Waals surface area contributed by atoms with Gasteiger partial charge in [0, 0.05) is 13.2 Å². The molecule has 16 heavy (non-hydrogen) atoms. The Kier molecular flexibility index (Phi) is 2.72. The van der Waals surface area contributed by atoms with Gasteiger partial charge in [-0.1, -0.05) is 12.1 Å². The zero-order valence-electron chi connectivity index (χ0n) is 9.18. The molecule has 1 aromatic heterocycles. The summed E-state index contributed by atoms with van der Waals surface area (Å²) in [6.45, 7) is 0. The van der Waals surface area contributed by atoms with E-state index in [0.29, 0.717) is 17.0 Å².